The van der Waals surface area contributed by atoms with Crippen LogP contribution in [0.2, 0.25) is 0 Å². The van der Waals surface area contributed by atoms with Gasteiger partial charge in [-0.3, -0.25) is 4.79 Å². The minimum absolute atomic E-state index is 0.0569. The Morgan fingerprint density at radius 3 is 2.67 bits per heavy atom. The van der Waals surface area contributed by atoms with Crippen molar-refractivity contribution in [2.75, 3.05) is 25.4 Å². The van der Waals surface area contributed by atoms with Crippen molar-refractivity contribution in [3.8, 4) is 0 Å². The molecular weight excluding hydrogens is 381 g/mol. The lowest BCUT2D eigenvalue weighted by molar-refractivity contribution is -0.137. The Morgan fingerprint density at radius 2 is 2.00 bits per heavy atom. The van der Waals surface area contributed by atoms with Gasteiger partial charge in [-0.15, -0.1) is 10.2 Å². The maximum absolute atomic E-state index is 12.7. The van der Waals surface area contributed by atoms with E-state index in [0.29, 0.717) is 5.22 Å². The monoisotopic (exact) mass is 402 g/mol. The first-order valence-corrected chi connectivity index (χ1v) is 9.45. The summed E-state index contributed by atoms with van der Waals surface area (Å²) in [5, 5.41) is 10.6. The van der Waals surface area contributed by atoms with Crippen LogP contribution in [0.3, 0.4) is 0 Å². The number of nitrogens with zero attached hydrogens (tertiary/aromatic N) is 3. The zero-order valence-electron chi connectivity index (χ0n) is 15.0. The van der Waals surface area contributed by atoms with Crippen LogP contribution in [0, 0.1) is 0 Å². The summed E-state index contributed by atoms with van der Waals surface area (Å²) in [4.78, 5) is 14.3. The number of benzene rings is 1. The highest BCUT2D eigenvalue weighted by molar-refractivity contribution is 7.99. The van der Waals surface area contributed by atoms with Gasteiger partial charge in [0.1, 0.15) is 0 Å². The highest BCUT2D eigenvalue weighted by atomic mass is 32.2. The number of amides is 1. The smallest absolute Gasteiger partial charge is 0.414 e. The van der Waals surface area contributed by atoms with Crippen LogP contribution in [0.4, 0.5) is 13.2 Å². The van der Waals surface area contributed by atoms with Gasteiger partial charge in [0.15, 0.2) is 0 Å². The summed E-state index contributed by atoms with van der Waals surface area (Å²) in [6.07, 6.45) is -4.50. The Bertz CT molecular complexity index is 748. The predicted octanol–water partition coefficient (Wildman–Crippen LogP) is 3.45. The van der Waals surface area contributed by atoms with Crippen molar-refractivity contribution in [1.82, 2.24) is 20.4 Å². The number of carbonyl (C=O) groups excluding carboxylic acids is 1. The fourth-order valence-corrected chi connectivity index (χ4v) is 3.04. The third kappa shape index (κ3) is 6.55. The Morgan fingerprint density at radius 1 is 1.26 bits per heavy atom. The summed E-state index contributed by atoms with van der Waals surface area (Å²) in [6, 6.07) is 4.22. The summed E-state index contributed by atoms with van der Waals surface area (Å²) in [7, 11) is 0. The van der Waals surface area contributed by atoms with Gasteiger partial charge >= 0.3 is 6.18 Å². The lowest BCUT2D eigenvalue weighted by Gasteiger charge is -2.16. The van der Waals surface area contributed by atoms with E-state index in [1.807, 2.05) is 0 Å². The lowest BCUT2D eigenvalue weighted by Crippen LogP contribution is -2.25. The van der Waals surface area contributed by atoms with Crippen LogP contribution < -0.4 is 5.32 Å². The van der Waals surface area contributed by atoms with Crippen molar-refractivity contribution in [1.29, 1.82) is 0 Å². The first kappa shape index (κ1) is 21.2. The molecule has 0 atom stereocenters. The van der Waals surface area contributed by atoms with E-state index >= 15 is 0 Å². The normalized spacial score (nSPS) is 11.8. The minimum Gasteiger partial charge on any atom is -0.414 e. The van der Waals surface area contributed by atoms with Gasteiger partial charge in [-0.2, -0.15) is 13.2 Å². The predicted molar refractivity (Wildman–Crippen MR) is 95.4 cm³/mol. The molecule has 1 aromatic carbocycles. The van der Waals surface area contributed by atoms with Crippen LogP contribution in [-0.2, 0) is 12.7 Å². The third-order valence-electron chi connectivity index (χ3n) is 3.83. The molecule has 0 fully saturated rings. The molecule has 1 heterocycles. The number of hydrogen-bond acceptors (Lipinski definition) is 6. The van der Waals surface area contributed by atoms with E-state index in [1.54, 1.807) is 0 Å². The zero-order chi connectivity index (χ0) is 19.9. The Balaban J connectivity index is 1.85. The average molecular weight is 402 g/mol. The number of alkyl halides is 3. The van der Waals surface area contributed by atoms with E-state index in [2.05, 4.69) is 34.3 Å². The fraction of sp³-hybridized carbons (Fsp3) is 0.471. The number of nitrogens with one attached hydrogen (secondary N) is 1. The van der Waals surface area contributed by atoms with E-state index in [9.17, 15) is 18.0 Å². The molecule has 0 aliphatic rings. The summed E-state index contributed by atoms with van der Waals surface area (Å²) in [6.45, 7) is 6.94. The molecule has 2 aromatic rings. The molecule has 2 rings (SSSR count). The maximum Gasteiger partial charge on any atom is 0.416 e. The van der Waals surface area contributed by atoms with Crippen molar-refractivity contribution in [3.05, 3.63) is 41.3 Å². The lowest BCUT2D eigenvalue weighted by atomic mass is 10.1. The molecule has 1 amide bonds. The maximum atomic E-state index is 12.7. The molecular formula is C17H21F3N4O2S. The van der Waals surface area contributed by atoms with E-state index in [4.69, 9.17) is 4.42 Å². The summed E-state index contributed by atoms with van der Waals surface area (Å²) < 4.78 is 43.6. The Labute approximate surface area is 159 Å². The van der Waals surface area contributed by atoms with Gasteiger partial charge < -0.3 is 14.6 Å². The van der Waals surface area contributed by atoms with Gasteiger partial charge in [0.25, 0.3) is 11.1 Å². The van der Waals surface area contributed by atoms with Gasteiger partial charge in [-0.1, -0.05) is 31.7 Å². The summed E-state index contributed by atoms with van der Waals surface area (Å²) in [5.41, 5.74) is -0.960. The molecule has 0 saturated heterocycles. The van der Waals surface area contributed by atoms with Crippen LogP contribution in [0.15, 0.2) is 33.9 Å². The van der Waals surface area contributed by atoms with Crippen molar-refractivity contribution >= 4 is 17.7 Å². The molecule has 0 saturated carbocycles. The van der Waals surface area contributed by atoms with Crippen molar-refractivity contribution in [3.63, 3.8) is 0 Å². The highest BCUT2D eigenvalue weighted by Gasteiger charge is 2.30. The number of rotatable bonds is 9. The number of thioether (sulfide) groups is 1. The van der Waals surface area contributed by atoms with E-state index in [-0.39, 0.29) is 18.0 Å². The number of carbonyl (C=O) groups is 1. The van der Waals surface area contributed by atoms with Crippen LogP contribution in [0.25, 0.3) is 0 Å². The van der Waals surface area contributed by atoms with Gasteiger partial charge in [0.2, 0.25) is 5.89 Å². The summed E-state index contributed by atoms with van der Waals surface area (Å²) in [5.74, 6) is 0.343. The van der Waals surface area contributed by atoms with Crippen molar-refractivity contribution in [2.24, 2.45) is 0 Å². The van der Waals surface area contributed by atoms with Gasteiger partial charge in [-0.05, 0) is 31.3 Å². The second kappa shape index (κ2) is 9.75. The van der Waals surface area contributed by atoms with Gasteiger partial charge in [0, 0.05) is 17.9 Å². The molecule has 6 nitrogen and oxygen atoms in total. The van der Waals surface area contributed by atoms with Crippen molar-refractivity contribution < 1.29 is 22.4 Å². The van der Waals surface area contributed by atoms with Crippen LogP contribution in [0.1, 0.15) is 35.7 Å². The molecule has 1 N–H and O–H groups in total. The molecule has 10 heteroatoms. The molecule has 1 aromatic heterocycles. The Hall–Kier alpha value is -2.07. The average Bonchev–Trinajstić information content (AvgIpc) is 3.10. The summed E-state index contributed by atoms with van der Waals surface area (Å²) >= 11 is 1.42. The SMILES string of the molecule is CCN(CC)CCSc1nnc(CNC(=O)c2cccc(C(F)(F)F)c2)o1. The molecule has 0 aliphatic heterocycles. The standard InChI is InChI=1S/C17H21F3N4O2S/c1-3-24(4-2)8-9-27-16-23-22-14(26-16)11-21-15(25)12-6-5-7-13(10-12)17(18,19)20/h5-7,10H,3-4,8-9,11H2,1-2H3,(H,21,25). The minimum atomic E-state index is -4.50. The van der Waals surface area contributed by atoms with Gasteiger partial charge in [0.05, 0.1) is 12.1 Å². The Kier molecular flexibility index (Phi) is 7.66. The third-order valence-corrected chi connectivity index (χ3v) is 4.63. The zero-order valence-corrected chi connectivity index (χ0v) is 15.9. The second-order valence-corrected chi connectivity index (χ2v) is 6.64. The van der Waals surface area contributed by atoms with Crippen LogP contribution in [-0.4, -0.2) is 46.4 Å². The van der Waals surface area contributed by atoms with Crippen molar-refractivity contribution in [2.45, 2.75) is 31.8 Å². The van der Waals surface area contributed by atoms with Gasteiger partial charge in [-0.25, -0.2) is 0 Å². The van der Waals surface area contributed by atoms with E-state index in [1.165, 1.54) is 23.9 Å². The first-order chi connectivity index (χ1) is 12.8. The molecule has 0 bridgehead atoms. The molecule has 0 unspecified atom stereocenters. The molecule has 0 spiro atoms. The second-order valence-electron chi connectivity index (χ2n) is 5.60. The quantitative estimate of drug-likeness (QED) is 0.648. The van der Waals surface area contributed by atoms with E-state index < -0.39 is 17.6 Å². The molecule has 148 valence electrons. The molecule has 0 radical (unpaired) electrons. The van der Waals surface area contributed by atoms with Crippen LogP contribution in [0.5, 0.6) is 0 Å². The number of hydrogen-bond donors (Lipinski definition) is 1. The first-order valence-electron chi connectivity index (χ1n) is 8.46. The molecule has 0 aliphatic carbocycles. The number of aromatic nitrogens is 2. The fourth-order valence-electron chi connectivity index (χ4n) is 2.26. The highest BCUT2D eigenvalue weighted by Crippen LogP contribution is 2.29. The van der Waals surface area contributed by atoms with E-state index in [0.717, 1.165) is 37.5 Å². The topological polar surface area (TPSA) is 71.3 Å². The van der Waals surface area contributed by atoms with Crippen LogP contribution >= 0.6 is 11.8 Å². The largest absolute Gasteiger partial charge is 0.416 e. The molecule has 27 heavy (non-hydrogen) atoms. The number of halogens is 3.